The third-order valence-corrected chi connectivity index (χ3v) is 3.48. The molecule has 2 nitrogen and oxygen atoms in total. The highest BCUT2D eigenvalue weighted by molar-refractivity contribution is 5.68. The van der Waals surface area contributed by atoms with E-state index in [9.17, 15) is 0 Å². The van der Waals surface area contributed by atoms with Gasteiger partial charge in [0.05, 0.1) is 0 Å². The molecule has 1 N–H and O–H groups in total. The summed E-state index contributed by atoms with van der Waals surface area (Å²) < 4.78 is 0. The molecule has 1 aliphatic rings. The maximum absolute atomic E-state index is 4.21. The van der Waals surface area contributed by atoms with Crippen LogP contribution in [0.5, 0.6) is 0 Å². The van der Waals surface area contributed by atoms with Gasteiger partial charge in [0.1, 0.15) is 0 Å². The van der Waals surface area contributed by atoms with E-state index in [0.717, 1.165) is 13.0 Å². The van der Waals surface area contributed by atoms with Crippen molar-refractivity contribution in [2.45, 2.75) is 19.4 Å². The average molecular weight is 224 g/mol. The molecule has 1 aliphatic heterocycles. The van der Waals surface area contributed by atoms with Crippen molar-refractivity contribution < 1.29 is 0 Å². The van der Waals surface area contributed by atoms with Gasteiger partial charge < -0.3 is 5.32 Å². The van der Waals surface area contributed by atoms with Crippen LogP contribution in [0.2, 0.25) is 0 Å². The van der Waals surface area contributed by atoms with Crippen molar-refractivity contribution in [3.63, 3.8) is 0 Å². The zero-order valence-electron chi connectivity index (χ0n) is 9.98. The van der Waals surface area contributed by atoms with Crippen LogP contribution in [0.3, 0.4) is 0 Å². The van der Waals surface area contributed by atoms with Gasteiger partial charge in [-0.05, 0) is 42.6 Å². The van der Waals surface area contributed by atoms with E-state index in [1.54, 1.807) is 0 Å². The third-order valence-electron chi connectivity index (χ3n) is 3.48. The molecule has 2 heterocycles. The maximum atomic E-state index is 4.21. The highest BCUT2D eigenvalue weighted by Crippen LogP contribution is 2.31. The number of pyridine rings is 1. The first kappa shape index (κ1) is 10.5. The Kier molecular flexibility index (Phi) is 2.65. The quantitative estimate of drug-likeness (QED) is 0.805. The van der Waals surface area contributed by atoms with E-state index in [0.29, 0.717) is 6.04 Å². The van der Waals surface area contributed by atoms with E-state index in [1.807, 2.05) is 18.5 Å². The number of nitrogens with zero attached hydrogens (tertiary/aromatic N) is 1. The molecule has 2 heteroatoms. The molecule has 17 heavy (non-hydrogen) atoms. The molecule has 0 radical (unpaired) electrons. The zero-order valence-corrected chi connectivity index (χ0v) is 9.98. The van der Waals surface area contributed by atoms with E-state index in [-0.39, 0.29) is 0 Å². The van der Waals surface area contributed by atoms with Crippen LogP contribution in [-0.2, 0) is 6.42 Å². The van der Waals surface area contributed by atoms with Gasteiger partial charge in [-0.3, -0.25) is 4.98 Å². The Hall–Kier alpha value is -1.67. The lowest BCUT2D eigenvalue weighted by molar-refractivity contribution is 0.541. The summed E-state index contributed by atoms with van der Waals surface area (Å²) in [5.74, 6) is 0. The molecule has 1 unspecified atom stereocenters. The molecule has 1 aromatic carbocycles. The topological polar surface area (TPSA) is 24.9 Å². The number of fused-ring (bicyclic) bond motifs is 1. The summed E-state index contributed by atoms with van der Waals surface area (Å²) in [5, 5.41) is 3.50. The smallest absolute Gasteiger partial charge is 0.0346 e. The SMILES string of the molecule is CC1NCCc2c(-c3cccnc3)cccc21. The first-order chi connectivity index (χ1) is 8.36. The van der Waals surface area contributed by atoms with E-state index in [4.69, 9.17) is 0 Å². The predicted octanol–water partition coefficient (Wildman–Crippen LogP) is 2.96. The van der Waals surface area contributed by atoms with Crippen LogP contribution < -0.4 is 5.32 Å². The number of benzene rings is 1. The number of hydrogen-bond acceptors (Lipinski definition) is 2. The fourth-order valence-corrected chi connectivity index (χ4v) is 2.61. The van der Waals surface area contributed by atoms with Crippen molar-refractivity contribution >= 4 is 0 Å². The Labute approximate surface area is 102 Å². The van der Waals surface area contributed by atoms with Gasteiger partial charge in [0.15, 0.2) is 0 Å². The van der Waals surface area contributed by atoms with Crippen molar-refractivity contribution in [1.29, 1.82) is 0 Å². The van der Waals surface area contributed by atoms with Gasteiger partial charge in [-0.2, -0.15) is 0 Å². The third kappa shape index (κ3) is 1.85. The minimum absolute atomic E-state index is 0.454. The Morgan fingerprint density at radius 1 is 1.24 bits per heavy atom. The fraction of sp³-hybridized carbons (Fsp3) is 0.267. The van der Waals surface area contributed by atoms with Crippen molar-refractivity contribution in [3.8, 4) is 11.1 Å². The molecule has 0 spiro atoms. The van der Waals surface area contributed by atoms with Crippen LogP contribution in [0.4, 0.5) is 0 Å². The summed E-state index contributed by atoms with van der Waals surface area (Å²) in [4.78, 5) is 4.21. The lowest BCUT2D eigenvalue weighted by Gasteiger charge is -2.26. The number of rotatable bonds is 1. The van der Waals surface area contributed by atoms with Gasteiger partial charge in [0, 0.05) is 24.0 Å². The lowest BCUT2D eigenvalue weighted by atomic mass is 9.89. The summed E-state index contributed by atoms with van der Waals surface area (Å²) in [6, 6.07) is 11.2. The van der Waals surface area contributed by atoms with Crippen molar-refractivity contribution in [2.75, 3.05) is 6.54 Å². The molecule has 2 aromatic rings. The monoisotopic (exact) mass is 224 g/mol. The molecule has 0 saturated carbocycles. The highest BCUT2D eigenvalue weighted by atomic mass is 14.9. The molecule has 0 saturated heterocycles. The van der Waals surface area contributed by atoms with Crippen LogP contribution in [-0.4, -0.2) is 11.5 Å². The van der Waals surface area contributed by atoms with Crippen LogP contribution in [0.25, 0.3) is 11.1 Å². The molecule has 3 rings (SSSR count). The normalized spacial score (nSPS) is 18.8. The van der Waals surface area contributed by atoms with E-state index >= 15 is 0 Å². The summed E-state index contributed by atoms with van der Waals surface area (Å²) in [7, 11) is 0. The van der Waals surface area contributed by atoms with Crippen LogP contribution in [0, 0.1) is 0 Å². The average Bonchev–Trinajstić information content (AvgIpc) is 2.40. The van der Waals surface area contributed by atoms with Crippen LogP contribution in [0.1, 0.15) is 24.1 Å². The Morgan fingerprint density at radius 3 is 3.00 bits per heavy atom. The van der Waals surface area contributed by atoms with Gasteiger partial charge >= 0.3 is 0 Å². The van der Waals surface area contributed by atoms with E-state index < -0.39 is 0 Å². The molecular weight excluding hydrogens is 208 g/mol. The maximum Gasteiger partial charge on any atom is 0.0346 e. The van der Waals surface area contributed by atoms with Crippen LogP contribution in [0.15, 0.2) is 42.7 Å². The summed E-state index contributed by atoms with van der Waals surface area (Å²) in [6.45, 7) is 3.29. The largest absolute Gasteiger partial charge is 0.310 e. The number of aromatic nitrogens is 1. The second-order valence-electron chi connectivity index (χ2n) is 4.54. The number of hydrogen-bond donors (Lipinski definition) is 1. The molecule has 1 aromatic heterocycles. The molecule has 1 atom stereocenters. The summed E-state index contributed by atoms with van der Waals surface area (Å²) in [5.41, 5.74) is 5.46. The predicted molar refractivity (Wildman–Crippen MR) is 69.8 cm³/mol. The molecule has 0 bridgehead atoms. The number of nitrogens with one attached hydrogen (secondary N) is 1. The van der Waals surface area contributed by atoms with Crippen molar-refractivity contribution in [1.82, 2.24) is 10.3 Å². The Morgan fingerprint density at radius 2 is 2.18 bits per heavy atom. The van der Waals surface area contributed by atoms with Crippen LogP contribution >= 0.6 is 0 Å². The second kappa shape index (κ2) is 4.30. The standard InChI is InChI=1S/C15H16N2/c1-11-13-5-2-6-14(15(13)7-9-17-11)12-4-3-8-16-10-12/h2-6,8,10-11,17H,7,9H2,1H3. The highest BCUT2D eigenvalue weighted by Gasteiger charge is 2.18. The van der Waals surface area contributed by atoms with Gasteiger partial charge in [0.2, 0.25) is 0 Å². The van der Waals surface area contributed by atoms with Crippen molar-refractivity contribution in [2.24, 2.45) is 0 Å². The Bertz CT molecular complexity index is 520. The minimum Gasteiger partial charge on any atom is -0.310 e. The molecule has 0 aliphatic carbocycles. The fourth-order valence-electron chi connectivity index (χ4n) is 2.61. The zero-order chi connectivity index (χ0) is 11.7. The minimum atomic E-state index is 0.454. The molecule has 0 amide bonds. The van der Waals surface area contributed by atoms with Gasteiger partial charge in [-0.25, -0.2) is 0 Å². The van der Waals surface area contributed by atoms with Crippen molar-refractivity contribution in [3.05, 3.63) is 53.9 Å². The summed E-state index contributed by atoms with van der Waals surface area (Å²) >= 11 is 0. The Balaban J connectivity index is 2.16. The van der Waals surface area contributed by atoms with Gasteiger partial charge in [-0.15, -0.1) is 0 Å². The second-order valence-corrected chi connectivity index (χ2v) is 4.54. The first-order valence-corrected chi connectivity index (χ1v) is 6.12. The molecular formula is C15H16N2. The lowest BCUT2D eigenvalue weighted by Crippen LogP contribution is -2.28. The van der Waals surface area contributed by atoms with E-state index in [1.165, 1.54) is 22.3 Å². The molecule has 86 valence electrons. The van der Waals surface area contributed by atoms with E-state index in [2.05, 4.69) is 41.5 Å². The van der Waals surface area contributed by atoms with Gasteiger partial charge in [0.25, 0.3) is 0 Å². The molecule has 0 fully saturated rings. The van der Waals surface area contributed by atoms with Gasteiger partial charge in [-0.1, -0.05) is 24.3 Å². The summed E-state index contributed by atoms with van der Waals surface area (Å²) in [6.07, 6.45) is 4.87. The first-order valence-electron chi connectivity index (χ1n) is 6.12.